The molecule has 3 N–H and O–H groups in total. The molecular formula is C13H20N2O3S. The molecule has 1 unspecified atom stereocenters. The zero-order valence-corrected chi connectivity index (χ0v) is 12.2. The lowest BCUT2D eigenvalue weighted by Crippen LogP contribution is -2.45. The molecular weight excluding hydrogens is 264 g/mol. The normalized spacial score (nSPS) is 12.2. The monoisotopic (exact) mass is 284 g/mol. The molecule has 6 heteroatoms. The number of carbonyl (C=O) groups excluding carboxylic acids is 1. The number of aliphatic carboxylic acids is 1. The lowest BCUT2D eigenvalue weighted by molar-refractivity contribution is -0.137. The van der Waals surface area contributed by atoms with Gasteiger partial charge in [-0.3, -0.25) is 4.79 Å². The minimum absolute atomic E-state index is 0.0664. The summed E-state index contributed by atoms with van der Waals surface area (Å²) >= 11 is 1.59. The Morgan fingerprint density at radius 3 is 2.58 bits per heavy atom. The Hall–Kier alpha value is -1.56. The number of carboxylic acid groups (broad SMARTS) is 1. The predicted molar refractivity (Wildman–Crippen MR) is 75.3 cm³/mol. The Morgan fingerprint density at radius 1 is 1.42 bits per heavy atom. The number of rotatable bonds is 6. The number of urea groups is 1. The third kappa shape index (κ3) is 5.30. The number of nitrogens with one attached hydrogen (secondary N) is 2. The summed E-state index contributed by atoms with van der Waals surface area (Å²) in [5.41, 5.74) is 1.15. The van der Waals surface area contributed by atoms with Crippen LogP contribution in [0.4, 0.5) is 4.79 Å². The first-order chi connectivity index (χ1) is 8.90. The topological polar surface area (TPSA) is 78.4 Å². The second-order valence-corrected chi connectivity index (χ2v) is 5.80. The summed E-state index contributed by atoms with van der Waals surface area (Å²) in [7, 11) is 0. The molecule has 0 aliphatic heterocycles. The van der Waals surface area contributed by atoms with Gasteiger partial charge in [0.05, 0.1) is 13.0 Å². The minimum atomic E-state index is -0.909. The van der Waals surface area contributed by atoms with E-state index in [-0.39, 0.29) is 24.4 Å². The molecule has 1 aromatic rings. The van der Waals surface area contributed by atoms with E-state index in [0.29, 0.717) is 6.54 Å². The third-order valence-corrected chi connectivity index (χ3v) is 3.92. The van der Waals surface area contributed by atoms with Crippen molar-refractivity contribution in [3.8, 4) is 0 Å². The van der Waals surface area contributed by atoms with Crippen molar-refractivity contribution in [1.82, 2.24) is 10.6 Å². The largest absolute Gasteiger partial charge is 0.481 e. The van der Waals surface area contributed by atoms with Gasteiger partial charge in [-0.15, -0.1) is 11.3 Å². The zero-order chi connectivity index (χ0) is 14.4. The smallest absolute Gasteiger partial charge is 0.315 e. The van der Waals surface area contributed by atoms with E-state index in [4.69, 9.17) is 5.11 Å². The van der Waals surface area contributed by atoms with Gasteiger partial charge in [-0.2, -0.15) is 0 Å². The van der Waals surface area contributed by atoms with E-state index < -0.39 is 5.97 Å². The van der Waals surface area contributed by atoms with Gasteiger partial charge in [0.2, 0.25) is 0 Å². The molecule has 5 nitrogen and oxygen atoms in total. The highest BCUT2D eigenvalue weighted by Gasteiger charge is 2.19. The molecule has 0 bridgehead atoms. The highest BCUT2D eigenvalue weighted by atomic mass is 32.1. The molecule has 1 aromatic heterocycles. The van der Waals surface area contributed by atoms with Gasteiger partial charge >= 0.3 is 12.0 Å². The van der Waals surface area contributed by atoms with Gasteiger partial charge in [0.15, 0.2) is 0 Å². The Kier molecular flexibility index (Phi) is 5.82. The van der Waals surface area contributed by atoms with Gasteiger partial charge < -0.3 is 15.7 Å². The third-order valence-electron chi connectivity index (χ3n) is 2.89. The number of carboxylic acids is 1. The second-order valence-electron chi connectivity index (χ2n) is 4.80. The number of aryl methyl sites for hydroxylation is 1. The summed E-state index contributed by atoms with van der Waals surface area (Å²) in [4.78, 5) is 23.6. The van der Waals surface area contributed by atoms with Crippen LogP contribution in [-0.4, -0.2) is 23.1 Å². The molecule has 0 radical (unpaired) electrons. The lowest BCUT2D eigenvalue weighted by Gasteiger charge is -2.20. The molecule has 19 heavy (non-hydrogen) atoms. The summed E-state index contributed by atoms with van der Waals surface area (Å²) in [5, 5.41) is 16.2. The van der Waals surface area contributed by atoms with E-state index >= 15 is 0 Å². The van der Waals surface area contributed by atoms with Crippen LogP contribution in [0.15, 0.2) is 11.4 Å². The highest BCUT2D eigenvalue weighted by molar-refractivity contribution is 7.10. The fourth-order valence-electron chi connectivity index (χ4n) is 1.61. The molecule has 0 spiro atoms. The van der Waals surface area contributed by atoms with E-state index in [1.807, 2.05) is 32.2 Å². The van der Waals surface area contributed by atoms with Gasteiger partial charge in [0.25, 0.3) is 0 Å². The van der Waals surface area contributed by atoms with Gasteiger partial charge in [0.1, 0.15) is 0 Å². The first-order valence-electron chi connectivity index (χ1n) is 6.19. The Morgan fingerprint density at radius 2 is 2.11 bits per heavy atom. The molecule has 1 rings (SSSR count). The first-order valence-corrected chi connectivity index (χ1v) is 7.07. The standard InChI is InChI=1S/C13H20N2O3S/c1-8(2)10(6-12(16)17)15-13(18)14-7-11-9(3)4-5-19-11/h4-5,8,10H,6-7H2,1-3H3,(H,16,17)(H2,14,15,18). The van der Waals surface area contributed by atoms with Crippen LogP contribution in [0, 0.1) is 12.8 Å². The fourth-order valence-corrected chi connectivity index (χ4v) is 2.45. The summed E-state index contributed by atoms with van der Waals surface area (Å²) in [6.07, 6.45) is -0.0664. The zero-order valence-electron chi connectivity index (χ0n) is 11.4. The Labute approximate surface area is 117 Å². The maximum atomic E-state index is 11.7. The van der Waals surface area contributed by atoms with E-state index in [1.54, 1.807) is 11.3 Å². The number of hydrogen-bond donors (Lipinski definition) is 3. The van der Waals surface area contributed by atoms with Crippen LogP contribution in [0.3, 0.4) is 0 Å². The van der Waals surface area contributed by atoms with E-state index in [2.05, 4.69) is 10.6 Å². The average molecular weight is 284 g/mol. The molecule has 2 amide bonds. The van der Waals surface area contributed by atoms with Crippen molar-refractivity contribution in [2.45, 2.75) is 39.8 Å². The van der Waals surface area contributed by atoms with Gasteiger partial charge in [-0.1, -0.05) is 13.8 Å². The van der Waals surface area contributed by atoms with E-state index in [0.717, 1.165) is 10.4 Å². The van der Waals surface area contributed by atoms with Gasteiger partial charge in [-0.05, 0) is 29.9 Å². The van der Waals surface area contributed by atoms with Crippen LogP contribution in [-0.2, 0) is 11.3 Å². The van der Waals surface area contributed by atoms with Crippen molar-refractivity contribution in [2.75, 3.05) is 0 Å². The first kappa shape index (κ1) is 15.5. The number of amides is 2. The van der Waals surface area contributed by atoms with Crippen LogP contribution in [0.2, 0.25) is 0 Å². The maximum Gasteiger partial charge on any atom is 0.315 e. The van der Waals surface area contributed by atoms with Crippen LogP contribution in [0.25, 0.3) is 0 Å². The molecule has 0 aliphatic rings. The molecule has 106 valence electrons. The summed E-state index contributed by atoms with van der Waals surface area (Å²) in [6.45, 7) is 6.23. The summed E-state index contributed by atoms with van der Waals surface area (Å²) in [6, 6.07) is 1.32. The van der Waals surface area contributed by atoms with Crippen LogP contribution in [0.5, 0.6) is 0 Å². The molecule has 1 heterocycles. The van der Waals surface area contributed by atoms with Crippen LogP contribution >= 0.6 is 11.3 Å². The number of thiophene rings is 1. The molecule has 0 saturated heterocycles. The molecule has 0 aliphatic carbocycles. The number of hydrogen-bond acceptors (Lipinski definition) is 3. The fraction of sp³-hybridized carbons (Fsp3) is 0.538. The van der Waals surface area contributed by atoms with Crippen molar-refractivity contribution in [3.63, 3.8) is 0 Å². The predicted octanol–water partition coefficient (Wildman–Crippen LogP) is 2.36. The van der Waals surface area contributed by atoms with Crippen molar-refractivity contribution in [3.05, 3.63) is 21.9 Å². The maximum absolute atomic E-state index is 11.7. The SMILES string of the molecule is Cc1ccsc1CNC(=O)NC(CC(=O)O)C(C)C. The van der Waals surface area contributed by atoms with Crippen molar-refractivity contribution < 1.29 is 14.7 Å². The van der Waals surface area contributed by atoms with Crippen molar-refractivity contribution in [2.24, 2.45) is 5.92 Å². The highest BCUT2D eigenvalue weighted by Crippen LogP contribution is 2.14. The van der Waals surface area contributed by atoms with Crippen molar-refractivity contribution in [1.29, 1.82) is 0 Å². The van der Waals surface area contributed by atoms with E-state index in [9.17, 15) is 9.59 Å². The van der Waals surface area contributed by atoms with Crippen molar-refractivity contribution >= 4 is 23.3 Å². The summed E-state index contributed by atoms with van der Waals surface area (Å²) < 4.78 is 0. The van der Waals surface area contributed by atoms with Gasteiger partial charge in [0, 0.05) is 10.9 Å². The quantitative estimate of drug-likeness (QED) is 0.750. The molecule has 0 fully saturated rings. The van der Waals surface area contributed by atoms with Gasteiger partial charge in [-0.25, -0.2) is 4.79 Å². The Bertz CT molecular complexity index is 443. The van der Waals surface area contributed by atoms with Crippen LogP contribution < -0.4 is 10.6 Å². The molecule has 0 aromatic carbocycles. The second kappa shape index (κ2) is 7.13. The number of carbonyl (C=O) groups is 2. The molecule has 1 atom stereocenters. The van der Waals surface area contributed by atoms with E-state index in [1.165, 1.54) is 0 Å². The lowest BCUT2D eigenvalue weighted by atomic mass is 10.0. The average Bonchev–Trinajstić information content (AvgIpc) is 2.70. The Balaban J connectivity index is 2.44. The van der Waals surface area contributed by atoms with Crippen LogP contribution in [0.1, 0.15) is 30.7 Å². The molecule has 0 saturated carbocycles. The minimum Gasteiger partial charge on any atom is -0.481 e. The summed E-state index contributed by atoms with van der Waals surface area (Å²) in [5.74, 6) is -0.835.